The first-order chi connectivity index (χ1) is 8.74. The van der Waals surface area contributed by atoms with Crippen molar-refractivity contribution >= 4 is 0 Å². The van der Waals surface area contributed by atoms with Gasteiger partial charge < -0.3 is 14.8 Å². The zero-order valence-corrected chi connectivity index (χ0v) is 11.6. The number of nitrogens with zero attached hydrogens (tertiary/aromatic N) is 1. The minimum atomic E-state index is 0.565. The molecule has 4 nitrogen and oxygen atoms in total. The third-order valence-corrected chi connectivity index (χ3v) is 2.36. The van der Waals surface area contributed by atoms with Gasteiger partial charge in [-0.3, -0.25) is 4.98 Å². The summed E-state index contributed by atoms with van der Waals surface area (Å²) in [6.07, 6.45) is 3.59. The fourth-order valence-electron chi connectivity index (χ4n) is 1.48. The second-order valence-corrected chi connectivity index (χ2v) is 4.58. The van der Waals surface area contributed by atoms with Gasteiger partial charge in [-0.1, -0.05) is 20.8 Å². The van der Waals surface area contributed by atoms with Crippen LogP contribution in [0.3, 0.4) is 0 Å². The average molecular weight is 252 g/mol. The normalized spacial score (nSPS) is 10.9. The van der Waals surface area contributed by atoms with Crippen LogP contribution < -0.4 is 10.1 Å². The maximum absolute atomic E-state index is 5.71. The summed E-state index contributed by atoms with van der Waals surface area (Å²) in [5.74, 6) is 1.45. The molecule has 0 aliphatic heterocycles. The van der Waals surface area contributed by atoms with E-state index in [2.05, 4.69) is 31.1 Å². The second kappa shape index (κ2) is 8.89. The number of ether oxygens (including phenoxy) is 2. The summed E-state index contributed by atoms with van der Waals surface area (Å²) < 4.78 is 11.2. The van der Waals surface area contributed by atoms with Gasteiger partial charge in [-0.2, -0.15) is 0 Å². The van der Waals surface area contributed by atoms with Gasteiger partial charge in [0.15, 0.2) is 0 Å². The Morgan fingerprint density at radius 3 is 2.89 bits per heavy atom. The molecule has 1 aromatic rings. The summed E-state index contributed by atoms with van der Waals surface area (Å²) in [6.45, 7) is 10.1. The first kappa shape index (κ1) is 14.9. The third-order valence-electron chi connectivity index (χ3n) is 2.36. The molecule has 102 valence electrons. The molecule has 0 fully saturated rings. The molecule has 0 bridgehead atoms. The van der Waals surface area contributed by atoms with Crippen LogP contribution in [0, 0.1) is 5.92 Å². The van der Waals surface area contributed by atoms with Crippen LogP contribution in [0.5, 0.6) is 5.75 Å². The molecular formula is C14H24N2O2. The lowest BCUT2D eigenvalue weighted by molar-refractivity contribution is 0.0816. The lowest BCUT2D eigenvalue weighted by Gasteiger charge is -2.12. The molecule has 0 saturated carbocycles. The van der Waals surface area contributed by atoms with Gasteiger partial charge in [-0.15, -0.1) is 0 Å². The van der Waals surface area contributed by atoms with Crippen molar-refractivity contribution in [1.82, 2.24) is 10.3 Å². The van der Waals surface area contributed by atoms with Crippen LogP contribution in [0.15, 0.2) is 18.5 Å². The van der Waals surface area contributed by atoms with Gasteiger partial charge in [0.1, 0.15) is 12.4 Å². The smallest absolute Gasteiger partial charge is 0.126 e. The molecule has 1 heterocycles. The molecule has 1 N–H and O–H groups in total. The molecule has 0 spiro atoms. The van der Waals surface area contributed by atoms with Crippen LogP contribution in [-0.2, 0) is 11.3 Å². The minimum Gasteiger partial charge on any atom is -0.491 e. The molecule has 0 radical (unpaired) electrons. The number of rotatable bonds is 9. The summed E-state index contributed by atoms with van der Waals surface area (Å²) >= 11 is 0. The van der Waals surface area contributed by atoms with E-state index >= 15 is 0 Å². The number of hydrogen-bond acceptors (Lipinski definition) is 4. The molecule has 0 amide bonds. The third kappa shape index (κ3) is 5.98. The van der Waals surface area contributed by atoms with Crippen molar-refractivity contribution in [1.29, 1.82) is 0 Å². The molecule has 0 aromatic carbocycles. The van der Waals surface area contributed by atoms with Crippen molar-refractivity contribution in [3.63, 3.8) is 0 Å². The molecule has 0 saturated heterocycles. The van der Waals surface area contributed by atoms with Crippen molar-refractivity contribution < 1.29 is 9.47 Å². The first-order valence-corrected chi connectivity index (χ1v) is 6.58. The van der Waals surface area contributed by atoms with Crippen LogP contribution >= 0.6 is 0 Å². The molecule has 18 heavy (non-hydrogen) atoms. The highest BCUT2D eigenvalue weighted by atomic mass is 16.5. The fraction of sp³-hybridized carbons (Fsp3) is 0.643. The Kier molecular flexibility index (Phi) is 7.37. The summed E-state index contributed by atoms with van der Waals surface area (Å²) in [7, 11) is 0. The van der Waals surface area contributed by atoms with E-state index in [1.165, 1.54) is 0 Å². The number of nitrogens with one attached hydrogen (secondary N) is 1. The van der Waals surface area contributed by atoms with Crippen molar-refractivity contribution in [3.8, 4) is 5.75 Å². The van der Waals surface area contributed by atoms with E-state index in [0.29, 0.717) is 19.1 Å². The molecular weight excluding hydrogens is 228 g/mol. The summed E-state index contributed by atoms with van der Waals surface area (Å²) in [6, 6.07) is 1.90. The minimum absolute atomic E-state index is 0.565. The number of aromatic nitrogens is 1. The van der Waals surface area contributed by atoms with Gasteiger partial charge in [0.05, 0.1) is 6.61 Å². The summed E-state index contributed by atoms with van der Waals surface area (Å²) in [5.41, 5.74) is 1.09. The van der Waals surface area contributed by atoms with E-state index in [1.807, 2.05) is 12.3 Å². The topological polar surface area (TPSA) is 43.4 Å². The largest absolute Gasteiger partial charge is 0.491 e. The molecule has 0 aliphatic rings. The zero-order chi connectivity index (χ0) is 13.2. The van der Waals surface area contributed by atoms with Crippen molar-refractivity contribution in [2.24, 2.45) is 5.92 Å². The first-order valence-electron chi connectivity index (χ1n) is 6.58. The van der Waals surface area contributed by atoms with Crippen LogP contribution in [0.25, 0.3) is 0 Å². The monoisotopic (exact) mass is 252 g/mol. The predicted molar refractivity (Wildman–Crippen MR) is 72.8 cm³/mol. The molecule has 4 heteroatoms. The molecule has 0 aliphatic carbocycles. The average Bonchev–Trinajstić information content (AvgIpc) is 2.36. The number of pyridine rings is 1. The van der Waals surface area contributed by atoms with E-state index in [1.54, 1.807) is 6.20 Å². The van der Waals surface area contributed by atoms with E-state index in [9.17, 15) is 0 Å². The van der Waals surface area contributed by atoms with Crippen molar-refractivity contribution in [2.45, 2.75) is 27.3 Å². The molecule has 0 unspecified atom stereocenters. The Morgan fingerprint density at radius 1 is 1.33 bits per heavy atom. The standard InChI is InChI=1S/C14H24N2O2/c1-4-15-9-13-10-16-6-5-14(13)18-8-7-17-11-12(2)3/h5-6,10,12,15H,4,7-9,11H2,1-3H3. The SMILES string of the molecule is CCNCc1cnccc1OCCOCC(C)C. The van der Waals surface area contributed by atoms with Crippen LogP contribution in [0.1, 0.15) is 26.3 Å². The Labute approximate surface area is 110 Å². The van der Waals surface area contributed by atoms with Gasteiger partial charge in [-0.05, 0) is 18.5 Å². The van der Waals surface area contributed by atoms with Gasteiger partial charge >= 0.3 is 0 Å². The number of hydrogen-bond donors (Lipinski definition) is 1. The van der Waals surface area contributed by atoms with Crippen LogP contribution in [-0.4, -0.2) is 31.3 Å². The summed E-state index contributed by atoms with van der Waals surface area (Å²) in [5, 5.41) is 3.27. The van der Waals surface area contributed by atoms with Gasteiger partial charge in [0, 0.05) is 31.1 Å². The maximum atomic E-state index is 5.71. The Hall–Kier alpha value is -1.13. The van der Waals surface area contributed by atoms with Crippen molar-refractivity contribution in [2.75, 3.05) is 26.4 Å². The molecule has 1 aromatic heterocycles. The zero-order valence-electron chi connectivity index (χ0n) is 11.6. The van der Waals surface area contributed by atoms with Gasteiger partial charge in [0.2, 0.25) is 0 Å². The Bertz CT molecular complexity index is 329. The van der Waals surface area contributed by atoms with Crippen molar-refractivity contribution in [3.05, 3.63) is 24.0 Å². The van der Waals surface area contributed by atoms with Gasteiger partial charge in [-0.25, -0.2) is 0 Å². The lowest BCUT2D eigenvalue weighted by Crippen LogP contribution is -2.15. The van der Waals surface area contributed by atoms with E-state index in [4.69, 9.17) is 9.47 Å². The van der Waals surface area contributed by atoms with Crippen LogP contribution in [0.4, 0.5) is 0 Å². The highest BCUT2D eigenvalue weighted by Crippen LogP contribution is 2.16. The quantitative estimate of drug-likeness (QED) is 0.685. The van der Waals surface area contributed by atoms with E-state index in [-0.39, 0.29) is 0 Å². The van der Waals surface area contributed by atoms with E-state index in [0.717, 1.165) is 31.0 Å². The highest BCUT2D eigenvalue weighted by Gasteiger charge is 2.03. The molecule has 0 atom stereocenters. The Morgan fingerprint density at radius 2 is 2.17 bits per heavy atom. The Balaban J connectivity index is 2.32. The second-order valence-electron chi connectivity index (χ2n) is 4.58. The van der Waals surface area contributed by atoms with E-state index < -0.39 is 0 Å². The van der Waals surface area contributed by atoms with Crippen LogP contribution in [0.2, 0.25) is 0 Å². The lowest BCUT2D eigenvalue weighted by atomic mass is 10.2. The highest BCUT2D eigenvalue weighted by molar-refractivity contribution is 5.29. The molecule has 1 rings (SSSR count). The fourth-order valence-corrected chi connectivity index (χ4v) is 1.48. The van der Waals surface area contributed by atoms with Gasteiger partial charge in [0.25, 0.3) is 0 Å². The predicted octanol–water partition coefficient (Wildman–Crippen LogP) is 2.24. The summed E-state index contributed by atoms with van der Waals surface area (Å²) in [4.78, 5) is 4.11. The maximum Gasteiger partial charge on any atom is 0.126 e.